The van der Waals surface area contributed by atoms with Crippen LogP contribution in [-0.2, 0) is 0 Å². The zero-order valence-corrected chi connectivity index (χ0v) is 18.0. The van der Waals surface area contributed by atoms with Crippen LogP contribution >= 0.6 is 0 Å². The van der Waals surface area contributed by atoms with E-state index in [1.807, 2.05) is 37.4 Å². The van der Waals surface area contributed by atoms with Crippen molar-refractivity contribution in [3.05, 3.63) is 54.4 Å². The first-order chi connectivity index (χ1) is 16.1. The highest BCUT2D eigenvalue weighted by Crippen LogP contribution is 2.34. The minimum atomic E-state index is -0.0339. The number of hydrogen-bond donors (Lipinski definition) is 1. The molecule has 5 rings (SSSR count). The molecule has 2 N–H and O–H groups in total. The average molecular weight is 442 g/mol. The largest absolute Gasteiger partial charge is 0.368 e. The van der Waals surface area contributed by atoms with Gasteiger partial charge in [0.2, 0.25) is 23.5 Å². The molecule has 1 aliphatic rings. The van der Waals surface area contributed by atoms with Gasteiger partial charge >= 0.3 is 0 Å². The average Bonchev–Trinajstić information content (AvgIpc) is 3.55. The third-order valence-electron chi connectivity index (χ3n) is 5.49. The molecule has 0 aliphatic heterocycles. The van der Waals surface area contributed by atoms with Crippen LogP contribution in [0.3, 0.4) is 0 Å². The summed E-state index contributed by atoms with van der Waals surface area (Å²) in [6.07, 6.45) is 5.32. The highest BCUT2D eigenvalue weighted by atomic mass is 16.5. The minimum absolute atomic E-state index is 0.0291. The van der Waals surface area contributed by atoms with Crippen molar-refractivity contribution in [2.24, 2.45) is 5.92 Å². The molecule has 10 heteroatoms. The molecule has 0 spiro atoms. The van der Waals surface area contributed by atoms with Gasteiger partial charge in [0.05, 0.1) is 5.56 Å². The standard InChI is InChI=1S/C23H22N8O2/c1-31(15-6-3-2-4-7-15)23-28-19(27-22(24)29-23)20-26-21(33-30-20)16-8-5-13-25-18(16)17(32)12-11-14-9-10-14/h2-8,13-14H,9-12H2,1H3,(H2,24,27,28,29). The Balaban J connectivity index is 1.44. The summed E-state index contributed by atoms with van der Waals surface area (Å²) in [5, 5.41) is 4.01. The van der Waals surface area contributed by atoms with Crippen molar-refractivity contribution >= 4 is 23.4 Å². The number of benzene rings is 1. The van der Waals surface area contributed by atoms with E-state index < -0.39 is 0 Å². The molecule has 4 aromatic rings. The van der Waals surface area contributed by atoms with Crippen molar-refractivity contribution < 1.29 is 9.32 Å². The van der Waals surface area contributed by atoms with E-state index >= 15 is 0 Å². The number of aromatic nitrogens is 6. The predicted octanol–water partition coefficient (Wildman–Crippen LogP) is 3.71. The van der Waals surface area contributed by atoms with E-state index in [1.165, 1.54) is 12.8 Å². The molecule has 1 aromatic carbocycles. The Kier molecular flexibility index (Phi) is 5.47. The fourth-order valence-corrected chi connectivity index (χ4v) is 3.48. The van der Waals surface area contributed by atoms with Gasteiger partial charge in [0, 0.05) is 25.4 Å². The van der Waals surface area contributed by atoms with E-state index in [2.05, 4.69) is 30.1 Å². The van der Waals surface area contributed by atoms with E-state index in [-0.39, 0.29) is 29.3 Å². The molecular weight excluding hydrogens is 420 g/mol. The van der Waals surface area contributed by atoms with Gasteiger partial charge in [-0.25, -0.2) is 0 Å². The van der Waals surface area contributed by atoms with Crippen molar-refractivity contribution in [3.63, 3.8) is 0 Å². The number of nitrogens with two attached hydrogens (primary N) is 1. The number of rotatable bonds is 8. The summed E-state index contributed by atoms with van der Waals surface area (Å²) < 4.78 is 5.45. The lowest BCUT2D eigenvalue weighted by molar-refractivity contribution is 0.0973. The first-order valence-electron chi connectivity index (χ1n) is 10.7. The van der Waals surface area contributed by atoms with Crippen LogP contribution in [0.1, 0.15) is 36.2 Å². The number of para-hydroxylation sites is 1. The highest BCUT2D eigenvalue weighted by Gasteiger charge is 2.25. The van der Waals surface area contributed by atoms with Gasteiger partial charge in [0.1, 0.15) is 5.69 Å². The zero-order chi connectivity index (χ0) is 22.8. The molecule has 0 radical (unpaired) electrons. The van der Waals surface area contributed by atoms with Crippen molar-refractivity contribution in [3.8, 4) is 23.1 Å². The Morgan fingerprint density at radius 2 is 1.88 bits per heavy atom. The molecule has 10 nitrogen and oxygen atoms in total. The van der Waals surface area contributed by atoms with E-state index in [4.69, 9.17) is 10.3 Å². The highest BCUT2D eigenvalue weighted by molar-refractivity contribution is 5.99. The summed E-state index contributed by atoms with van der Waals surface area (Å²) in [5.41, 5.74) is 7.62. The second-order valence-electron chi connectivity index (χ2n) is 7.94. The first kappa shape index (κ1) is 20.7. The van der Waals surface area contributed by atoms with Gasteiger partial charge in [-0.3, -0.25) is 9.78 Å². The summed E-state index contributed by atoms with van der Waals surface area (Å²) in [7, 11) is 1.82. The molecule has 3 aromatic heterocycles. The Morgan fingerprint density at radius 1 is 1.06 bits per heavy atom. The third-order valence-corrected chi connectivity index (χ3v) is 5.49. The van der Waals surface area contributed by atoms with Gasteiger partial charge in [0.15, 0.2) is 5.78 Å². The van der Waals surface area contributed by atoms with Crippen LogP contribution in [0.15, 0.2) is 53.2 Å². The van der Waals surface area contributed by atoms with Crippen LogP contribution < -0.4 is 10.6 Å². The maximum Gasteiger partial charge on any atom is 0.260 e. The first-order valence-corrected chi connectivity index (χ1v) is 10.7. The van der Waals surface area contributed by atoms with E-state index in [0.29, 0.717) is 29.5 Å². The summed E-state index contributed by atoms with van der Waals surface area (Å²) >= 11 is 0. The summed E-state index contributed by atoms with van der Waals surface area (Å²) in [6, 6.07) is 13.1. The van der Waals surface area contributed by atoms with Gasteiger partial charge in [-0.1, -0.05) is 36.2 Å². The van der Waals surface area contributed by atoms with Crippen LogP contribution in [-0.4, -0.2) is 42.9 Å². The number of nitrogens with zero attached hydrogens (tertiary/aromatic N) is 7. The van der Waals surface area contributed by atoms with Gasteiger partial charge in [0.25, 0.3) is 5.89 Å². The van der Waals surface area contributed by atoms with Crippen LogP contribution in [0.25, 0.3) is 23.1 Å². The Labute approximate surface area is 189 Å². The minimum Gasteiger partial charge on any atom is -0.368 e. The summed E-state index contributed by atoms with van der Waals surface area (Å²) in [4.78, 5) is 36.0. The third kappa shape index (κ3) is 4.54. The van der Waals surface area contributed by atoms with Crippen molar-refractivity contribution in [1.82, 2.24) is 30.1 Å². The fourth-order valence-electron chi connectivity index (χ4n) is 3.48. The predicted molar refractivity (Wildman–Crippen MR) is 122 cm³/mol. The van der Waals surface area contributed by atoms with Crippen LogP contribution in [0, 0.1) is 5.92 Å². The topological polar surface area (TPSA) is 137 Å². The van der Waals surface area contributed by atoms with Gasteiger partial charge < -0.3 is 15.2 Å². The number of hydrogen-bond acceptors (Lipinski definition) is 10. The Morgan fingerprint density at radius 3 is 2.67 bits per heavy atom. The zero-order valence-electron chi connectivity index (χ0n) is 18.0. The molecule has 0 amide bonds. The van der Waals surface area contributed by atoms with Crippen molar-refractivity contribution in [2.45, 2.75) is 25.7 Å². The molecule has 0 atom stereocenters. The molecular formula is C23H22N8O2. The van der Waals surface area contributed by atoms with Gasteiger partial charge in [-0.15, -0.1) is 0 Å². The quantitative estimate of drug-likeness (QED) is 0.402. The summed E-state index contributed by atoms with van der Waals surface area (Å²) in [5.74, 6) is 1.48. The number of carbonyl (C=O) groups excluding carboxylic acids is 1. The van der Waals surface area contributed by atoms with Crippen molar-refractivity contribution in [2.75, 3.05) is 17.7 Å². The maximum atomic E-state index is 12.7. The molecule has 1 aliphatic carbocycles. The molecule has 0 unspecified atom stereocenters. The number of pyridine rings is 1. The second-order valence-corrected chi connectivity index (χ2v) is 7.94. The normalized spacial score (nSPS) is 13.1. The monoisotopic (exact) mass is 442 g/mol. The molecule has 0 saturated heterocycles. The number of anilines is 3. The molecule has 33 heavy (non-hydrogen) atoms. The molecule has 0 bridgehead atoms. The smallest absolute Gasteiger partial charge is 0.260 e. The Bertz CT molecular complexity index is 1290. The SMILES string of the molecule is CN(c1ccccc1)c1nc(N)nc(-c2noc(-c3cccnc3C(=O)CCC3CC3)n2)n1. The number of nitrogen functional groups attached to an aromatic ring is 1. The summed E-state index contributed by atoms with van der Waals surface area (Å²) in [6.45, 7) is 0. The second kappa shape index (κ2) is 8.73. The van der Waals surface area contributed by atoms with Crippen LogP contribution in [0.4, 0.5) is 17.6 Å². The van der Waals surface area contributed by atoms with E-state index in [9.17, 15) is 4.79 Å². The fraction of sp³-hybridized carbons (Fsp3) is 0.261. The number of ketones is 1. The lowest BCUT2D eigenvalue weighted by Gasteiger charge is -2.17. The lowest BCUT2D eigenvalue weighted by atomic mass is 10.1. The van der Waals surface area contributed by atoms with E-state index in [1.54, 1.807) is 23.2 Å². The number of Topliss-reactive ketones (excluding diaryl/α,β-unsaturated/α-hetero) is 1. The maximum absolute atomic E-state index is 12.7. The van der Waals surface area contributed by atoms with Crippen LogP contribution in [0.5, 0.6) is 0 Å². The lowest BCUT2D eigenvalue weighted by Crippen LogP contribution is -2.15. The molecule has 166 valence electrons. The molecule has 1 saturated carbocycles. The molecule has 3 heterocycles. The Hall–Kier alpha value is -4.21. The molecule has 1 fully saturated rings. The van der Waals surface area contributed by atoms with Crippen LogP contribution in [0.2, 0.25) is 0 Å². The van der Waals surface area contributed by atoms with Gasteiger partial charge in [-0.2, -0.15) is 19.9 Å². The van der Waals surface area contributed by atoms with Crippen molar-refractivity contribution in [1.29, 1.82) is 0 Å². The van der Waals surface area contributed by atoms with E-state index in [0.717, 1.165) is 12.1 Å². The number of carbonyl (C=O) groups is 1. The van der Waals surface area contributed by atoms with Gasteiger partial charge in [-0.05, 0) is 36.6 Å².